The summed E-state index contributed by atoms with van der Waals surface area (Å²) < 4.78 is 65.5. The number of carboxylic acids is 1. The number of carbonyl (C=O) groups is 3. The number of hydrogen-bond donors (Lipinski definition) is 3. The number of aliphatic carboxylic acids is 1. The van der Waals surface area contributed by atoms with Crippen LogP contribution in [0, 0.1) is 11.6 Å². The molecule has 234 valence electrons. The largest absolute Gasteiger partial charge is 0.508 e. The van der Waals surface area contributed by atoms with Gasteiger partial charge in [0.15, 0.2) is 0 Å². The smallest absolute Gasteiger partial charge is 0.490 e. The molecule has 2 aliphatic rings. The zero-order valence-electron chi connectivity index (χ0n) is 23.4. The van der Waals surface area contributed by atoms with E-state index in [9.17, 15) is 36.6 Å². The van der Waals surface area contributed by atoms with Crippen LogP contribution < -0.4 is 4.90 Å². The van der Waals surface area contributed by atoms with E-state index in [0.717, 1.165) is 31.3 Å². The van der Waals surface area contributed by atoms with Gasteiger partial charge in [-0.05, 0) is 41.5 Å². The molecule has 43 heavy (non-hydrogen) atoms. The number of piperazine rings is 1. The number of aromatic hydroxyl groups is 1. The molecule has 0 spiro atoms. The molecule has 0 bridgehead atoms. The molecule has 4 rings (SSSR count). The molecule has 0 aromatic heterocycles. The van der Waals surface area contributed by atoms with Gasteiger partial charge < -0.3 is 29.6 Å². The lowest BCUT2D eigenvalue weighted by Gasteiger charge is -2.31. The van der Waals surface area contributed by atoms with Crippen molar-refractivity contribution in [2.75, 3.05) is 60.0 Å². The number of rotatable bonds is 5. The number of phenolic OH excluding ortho intramolecular Hbond substituents is 1. The Morgan fingerprint density at radius 2 is 1.74 bits per heavy atom. The van der Waals surface area contributed by atoms with E-state index in [1.165, 1.54) is 26.8 Å². The monoisotopic (exact) mass is 615 g/mol. The Morgan fingerprint density at radius 1 is 1.09 bits per heavy atom. The van der Waals surface area contributed by atoms with E-state index in [4.69, 9.17) is 14.6 Å². The Balaban J connectivity index is 0.000000646. The Morgan fingerprint density at radius 3 is 2.35 bits per heavy atom. The van der Waals surface area contributed by atoms with Crippen LogP contribution in [0.5, 0.6) is 5.75 Å². The number of hydrogen-bond acceptors (Lipinski definition) is 5. The van der Waals surface area contributed by atoms with Crippen molar-refractivity contribution in [3.05, 3.63) is 71.3 Å². The Kier molecular flexibility index (Phi) is 10.9. The first-order valence-electron chi connectivity index (χ1n) is 13.2. The Bertz CT molecular complexity index is 1350. The van der Waals surface area contributed by atoms with Crippen molar-refractivity contribution in [1.82, 2.24) is 14.7 Å². The molecule has 1 atom stereocenters. The van der Waals surface area contributed by atoms with E-state index < -0.39 is 35.9 Å². The molecule has 0 saturated carbocycles. The number of nitrogens with one attached hydrogen (secondary N) is 1. The summed E-state index contributed by atoms with van der Waals surface area (Å²) in [6.07, 6.45) is -3.78. The number of quaternary nitrogens is 1. The minimum absolute atomic E-state index is 0.0315. The molecule has 3 N–H and O–H groups in total. The van der Waals surface area contributed by atoms with Crippen LogP contribution in [0.25, 0.3) is 5.57 Å². The summed E-state index contributed by atoms with van der Waals surface area (Å²) in [4.78, 5) is 40.6. The summed E-state index contributed by atoms with van der Waals surface area (Å²) >= 11 is 0. The van der Waals surface area contributed by atoms with Crippen LogP contribution in [-0.4, -0.2) is 109 Å². The zero-order valence-corrected chi connectivity index (χ0v) is 23.4. The maximum absolute atomic E-state index is 14.5. The fraction of sp³-hybridized carbons (Fsp3) is 0.393. The van der Waals surface area contributed by atoms with Gasteiger partial charge in [0.05, 0.1) is 45.8 Å². The summed E-state index contributed by atoms with van der Waals surface area (Å²) in [5, 5.41) is 17.1. The first kappa shape index (κ1) is 33.1. The fourth-order valence-electron chi connectivity index (χ4n) is 4.45. The number of benzene rings is 2. The van der Waals surface area contributed by atoms with E-state index in [2.05, 4.69) is 7.05 Å². The zero-order chi connectivity index (χ0) is 31.9. The van der Waals surface area contributed by atoms with E-state index in [0.29, 0.717) is 24.2 Å². The topological polar surface area (TPSA) is 115 Å². The van der Waals surface area contributed by atoms with E-state index in [-0.39, 0.29) is 37.0 Å². The van der Waals surface area contributed by atoms with Crippen LogP contribution in [0.1, 0.15) is 17.2 Å². The van der Waals surface area contributed by atoms with Crippen molar-refractivity contribution >= 4 is 23.7 Å². The van der Waals surface area contributed by atoms with Crippen molar-refractivity contribution in [3.63, 3.8) is 0 Å². The first-order chi connectivity index (χ1) is 20.2. The number of carbonyl (C=O) groups excluding carboxylic acids is 2. The summed E-state index contributed by atoms with van der Waals surface area (Å²) in [6.45, 7) is 3.22. The van der Waals surface area contributed by atoms with Gasteiger partial charge in [0.25, 0.3) is 0 Å². The minimum Gasteiger partial charge on any atom is -0.508 e. The van der Waals surface area contributed by atoms with Crippen LogP contribution in [-0.2, 0) is 9.53 Å². The lowest BCUT2D eigenvalue weighted by Crippen LogP contribution is -3.12. The molecule has 10 nitrogen and oxygen atoms in total. The third-order valence-electron chi connectivity index (χ3n) is 6.86. The highest BCUT2D eigenvalue weighted by Gasteiger charge is 2.38. The highest BCUT2D eigenvalue weighted by atomic mass is 19.4. The van der Waals surface area contributed by atoms with Crippen molar-refractivity contribution in [1.29, 1.82) is 0 Å². The van der Waals surface area contributed by atoms with Crippen molar-refractivity contribution in [2.24, 2.45) is 0 Å². The fourth-order valence-corrected chi connectivity index (χ4v) is 4.45. The van der Waals surface area contributed by atoms with Crippen molar-refractivity contribution in [2.45, 2.75) is 12.2 Å². The maximum atomic E-state index is 14.5. The Labute approximate surface area is 244 Å². The second kappa shape index (κ2) is 14.2. The average Bonchev–Trinajstić information content (AvgIpc) is 3.39. The van der Waals surface area contributed by atoms with Gasteiger partial charge in [-0.3, -0.25) is 4.90 Å². The van der Waals surface area contributed by atoms with Crippen LogP contribution >= 0.6 is 0 Å². The Hall–Kier alpha value is -4.40. The third kappa shape index (κ3) is 9.04. The molecule has 1 saturated heterocycles. The predicted octanol–water partition coefficient (Wildman–Crippen LogP) is 2.76. The molecule has 15 heteroatoms. The molecular formula is C28H32F5N4O6+. The summed E-state index contributed by atoms with van der Waals surface area (Å²) in [6, 6.07) is 8.71. The van der Waals surface area contributed by atoms with E-state index in [1.54, 1.807) is 30.2 Å². The summed E-state index contributed by atoms with van der Waals surface area (Å²) in [7, 11) is 3.67. The van der Waals surface area contributed by atoms with Gasteiger partial charge in [-0.2, -0.15) is 13.2 Å². The third-order valence-corrected chi connectivity index (χ3v) is 6.86. The van der Waals surface area contributed by atoms with Crippen molar-refractivity contribution in [3.8, 4) is 5.75 Å². The van der Waals surface area contributed by atoms with Crippen LogP contribution in [0.2, 0.25) is 0 Å². The van der Waals surface area contributed by atoms with Crippen LogP contribution in [0.3, 0.4) is 0 Å². The number of nitrogens with zero attached hydrogens (tertiary/aromatic N) is 3. The lowest BCUT2D eigenvalue weighted by molar-refractivity contribution is -0.883. The van der Waals surface area contributed by atoms with Gasteiger partial charge in [-0.25, -0.2) is 23.2 Å². The molecular weight excluding hydrogens is 583 g/mol. The van der Waals surface area contributed by atoms with E-state index in [1.807, 2.05) is 0 Å². The molecule has 3 amide bonds. The quantitative estimate of drug-likeness (QED) is 0.446. The number of carboxylic acid groups (broad SMARTS) is 1. The minimum atomic E-state index is -5.08. The molecule has 2 aromatic carbocycles. The van der Waals surface area contributed by atoms with Gasteiger partial charge in [0.2, 0.25) is 0 Å². The van der Waals surface area contributed by atoms with Gasteiger partial charge in [0.1, 0.15) is 24.0 Å². The predicted molar refractivity (Wildman–Crippen MR) is 143 cm³/mol. The van der Waals surface area contributed by atoms with E-state index >= 15 is 0 Å². The SMILES string of the molecule is CN(CCOC(=O)N1CC[NH+](C)CC1)C(=O)N1CC(c2cc(F)ccc2F)=CC1c1cccc(O)c1.O=C(O)C(F)(F)F. The van der Waals surface area contributed by atoms with Crippen LogP contribution in [0.4, 0.5) is 31.5 Å². The highest BCUT2D eigenvalue weighted by molar-refractivity contribution is 5.82. The second-order valence-corrected chi connectivity index (χ2v) is 10.0. The molecule has 2 aliphatic heterocycles. The van der Waals surface area contributed by atoms with Crippen LogP contribution in [0.15, 0.2) is 48.5 Å². The number of likely N-dealkylation sites (N-methyl/N-ethyl adjacent to an activating group) is 2. The molecule has 0 radical (unpaired) electrons. The number of halogens is 5. The summed E-state index contributed by atoms with van der Waals surface area (Å²) in [5.74, 6) is -3.89. The molecule has 0 aliphatic carbocycles. The molecule has 1 fully saturated rings. The van der Waals surface area contributed by atoms with Gasteiger partial charge in [-0.15, -0.1) is 0 Å². The summed E-state index contributed by atoms with van der Waals surface area (Å²) in [5.41, 5.74) is 1.18. The average molecular weight is 616 g/mol. The highest BCUT2D eigenvalue weighted by Crippen LogP contribution is 2.37. The lowest BCUT2D eigenvalue weighted by atomic mass is 10.0. The number of ether oxygens (including phenoxy) is 1. The number of amides is 3. The molecule has 2 aromatic rings. The second-order valence-electron chi connectivity index (χ2n) is 10.0. The normalized spacial score (nSPS) is 17.1. The standard InChI is InChI=1S/C26H30F2N4O4.C2HF3O2/c1-29-8-10-31(11-9-29)26(35)36-13-12-30(2)25(34)32-17-19(22-16-20(27)6-7-23(22)28)15-24(32)18-4-3-5-21(33)14-18;3-2(4,5)1(6)7/h3-7,14-16,24,33H,8-13,17H2,1-2H3;(H,6,7)/p+1. The number of alkyl halides is 3. The van der Waals surface area contributed by atoms with Crippen molar-refractivity contribution < 1.29 is 56.2 Å². The first-order valence-corrected chi connectivity index (χ1v) is 13.2. The maximum Gasteiger partial charge on any atom is 0.490 e. The number of phenols is 1. The van der Waals surface area contributed by atoms with Gasteiger partial charge in [0, 0.05) is 19.2 Å². The van der Waals surface area contributed by atoms with Gasteiger partial charge in [-0.1, -0.05) is 18.2 Å². The number of urea groups is 1. The molecule has 2 heterocycles. The van der Waals surface area contributed by atoms with Gasteiger partial charge >= 0.3 is 24.3 Å². The molecule has 1 unspecified atom stereocenters.